The lowest BCUT2D eigenvalue weighted by Crippen LogP contribution is -2.49. The number of hydrogen-bond acceptors (Lipinski definition) is 6. The van der Waals surface area contributed by atoms with Gasteiger partial charge in [-0.2, -0.15) is 0 Å². The van der Waals surface area contributed by atoms with E-state index in [-0.39, 0.29) is 17.6 Å². The van der Waals surface area contributed by atoms with Crippen LogP contribution in [-0.2, 0) is 19.1 Å². The molecule has 8 heteroatoms. The van der Waals surface area contributed by atoms with Gasteiger partial charge in [-0.05, 0) is 66.8 Å². The minimum Gasteiger partial charge on any atom is -0.454 e. The molecule has 2 bridgehead atoms. The highest BCUT2D eigenvalue weighted by Gasteiger charge is 2.76. The Kier molecular flexibility index (Phi) is 5.47. The van der Waals surface area contributed by atoms with E-state index >= 15 is 0 Å². The fourth-order valence-corrected chi connectivity index (χ4v) is 5.02. The van der Waals surface area contributed by atoms with Crippen LogP contribution in [0, 0.1) is 30.4 Å². The number of ether oxygens (including phenoxy) is 2. The van der Waals surface area contributed by atoms with Crippen LogP contribution in [0.1, 0.15) is 65.5 Å². The van der Waals surface area contributed by atoms with Crippen molar-refractivity contribution in [2.24, 2.45) is 16.7 Å². The second-order valence-corrected chi connectivity index (χ2v) is 10.4. The Morgan fingerprint density at radius 1 is 1.31 bits per heavy atom. The van der Waals surface area contributed by atoms with Gasteiger partial charge < -0.3 is 9.47 Å². The van der Waals surface area contributed by atoms with Crippen LogP contribution in [0.15, 0.2) is 18.2 Å². The number of esters is 2. The second kappa shape index (κ2) is 7.21. The summed E-state index contributed by atoms with van der Waals surface area (Å²) in [5.74, 6) is -0.862. The van der Waals surface area contributed by atoms with Gasteiger partial charge in [0.2, 0.25) is 5.60 Å². The van der Waals surface area contributed by atoms with Crippen LogP contribution in [0.4, 0.5) is 5.69 Å². The van der Waals surface area contributed by atoms with E-state index in [0.717, 1.165) is 3.57 Å². The number of carbonyl (C=O) groups is 2. The van der Waals surface area contributed by atoms with Crippen molar-refractivity contribution in [3.8, 4) is 0 Å². The van der Waals surface area contributed by atoms with Crippen molar-refractivity contribution in [3.63, 3.8) is 0 Å². The van der Waals surface area contributed by atoms with Gasteiger partial charge in [0, 0.05) is 15.1 Å². The molecule has 158 valence electrons. The summed E-state index contributed by atoms with van der Waals surface area (Å²) in [6.07, 6.45) is 0.572. The molecule has 1 aliphatic heterocycles. The molecule has 3 atom stereocenters. The van der Waals surface area contributed by atoms with Crippen LogP contribution >= 0.6 is 22.6 Å². The fourth-order valence-electron chi connectivity index (χ4n) is 4.54. The summed E-state index contributed by atoms with van der Waals surface area (Å²) in [4.78, 5) is 37.0. The van der Waals surface area contributed by atoms with Gasteiger partial charge in [0.05, 0.1) is 15.9 Å². The first kappa shape index (κ1) is 22.0. The molecule has 1 aromatic carbocycles. The molecule has 0 radical (unpaired) electrons. The van der Waals surface area contributed by atoms with Crippen LogP contribution in [-0.4, -0.2) is 22.5 Å². The lowest BCUT2D eigenvalue weighted by molar-refractivity contribution is -0.386. The Hall–Kier alpha value is -1.71. The van der Waals surface area contributed by atoms with Gasteiger partial charge in [-0.25, -0.2) is 4.79 Å². The van der Waals surface area contributed by atoms with Gasteiger partial charge in [-0.3, -0.25) is 14.9 Å². The van der Waals surface area contributed by atoms with Crippen molar-refractivity contribution in [2.45, 2.75) is 65.6 Å². The summed E-state index contributed by atoms with van der Waals surface area (Å²) in [5, 5.41) is 11.6. The van der Waals surface area contributed by atoms with E-state index in [0.29, 0.717) is 24.8 Å². The van der Waals surface area contributed by atoms with E-state index in [2.05, 4.69) is 0 Å². The quantitative estimate of drug-likeness (QED) is 0.230. The van der Waals surface area contributed by atoms with E-state index in [1.807, 2.05) is 57.2 Å². The number of nitrogens with zero attached hydrogens (tertiary/aromatic N) is 1. The first-order valence-electron chi connectivity index (χ1n) is 9.74. The van der Waals surface area contributed by atoms with Crippen LogP contribution in [0.3, 0.4) is 0 Å². The van der Waals surface area contributed by atoms with Crippen LogP contribution in [0.5, 0.6) is 0 Å². The molecule has 0 amide bonds. The Labute approximate surface area is 183 Å². The molecule has 29 heavy (non-hydrogen) atoms. The van der Waals surface area contributed by atoms with E-state index in [1.54, 1.807) is 12.1 Å². The number of rotatable bonds is 6. The molecule has 7 nitrogen and oxygen atoms in total. The molecule has 1 unspecified atom stereocenters. The predicted octanol–water partition coefficient (Wildman–Crippen LogP) is 4.95. The first-order valence-corrected chi connectivity index (χ1v) is 10.8. The second-order valence-electron chi connectivity index (χ2n) is 9.16. The van der Waals surface area contributed by atoms with Gasteiger partial charge in [0.25, 0.3) is 5.69 Å². The average molecular weight is 515 g/mol. The summed E-state index contributed by atoms with van der Waals surface area (Å²) in [6, 6.07) is 4.87. The van der Waals surface area contributed by atoms with Crippen molar-refractivity contribution in [1.29, 1.82) is 0 Å². The predicted molar refractivity (Wildman–Crippen MR) is 114 cm³/mol. The standard InChI is InChI=1S/C21H26INO6/c1-12(2)10-16(14-7-6-13(22)11-15(14)23(26)27)28-18(25)21-9-8-20(5,17(24)29-21)19(21,3)4/h6-7,11-12,16H,8-10H2,1-5H3/t16?,20-,21+/m0/s1. The van der Waals surface area contributed by atoms with Crippen molar-refractivity contribution < 1.29 is 24.0 Å². The lowest BCUT2D eigenvalue weighted by atomic mass is 9.66. The zero-order valence-corrected chi connectivity index (χ0v) is 19.4. The third-order valence-corrected chi connectivity index (χ3v) is 7.56. The number of carbonyl (C=O) groups excluding carboxylic acids is 2. The molecule has 1 saturated carbocycles. The maximum atomic E-state index is 13.4. The molecule has 1 heterocycles. The maximum absolute atomic E-state index is 13.4. The number of nitro groups is 1. The third-order valence-electron chi connectivity index (χ3n) is 6.88. The van der Waals surface area contributed by atoms with Gasteiger partial charge in [-0.15, -0.1) is 0 Å². The van der Waals surface area contributed by atoms with Crippen LogP contribution in [0.2, 0.25) is 0 Å². The lowest BCUT2D eigenvalue weighted by Gasteiger charge is -2.35. The van der Waals surface area contributed by atoms with Crippen molar-refractivity contribution in [3.05, 3.63) is 37.4 Å². The molecule has 2 fully saturated rings. The molecule has 1 saturated heterocycles. The highest BCUT2D eigenvalue weighted by Crippen LogP contribution is 2.66. The molecule has 1 aliphatic carbocycles. The fraction of sp³-hybridized carbons (Fsp3) is 0.619. The summed E-state index contributed by atoms with van der Waals surface area (Å²) in [6.45, 7) is 9.47. The monoisotopic (exact) mass is 515 g/mol. The smallest absolute Gasteiger partial charge is 0.351 e. The SMILES string of the molecule is CC(C)CC(OC(=O)[C@@]12CC[C@@](C)(C(=O)O1)C2(C)C)c1ccc(I)cc1[N+](=O)[O-]. The van der Waals surface area contributed by atoms with Gasteiger partial charge >= 0.3 is 11.9 Å². The first-order chi connectivity index (χ1) is 13.4. The normalized spacial score (nSPS) is 28.3. The van der Waals surface area contributed by atoms with E-state index < -0.39 is 33.4 Å². The molecular formula is C21H26INO6. The highest BCUT2D eigenvalue weighted by atomic mass is 127. The van der Waals surface area contributed by atoms with E-state index in [4.69, 9.17) is 9.47 Å². The number of hydrogen-bond donors (Lipinski definition) is 0. The summed E-state index contributed by atoms with van der Waals surface area (Å²) in [7, 11) is 0. The summed E-state index contributed by atoms with van der Waals surface area (Å²) < 4.78 is 12.2. The summed E-state index contributed by atoms with van der Waals surface area (Å²) >= 11 is 2.01. The topological polar surface area (TPSA) is 95.7 Å². The Balaban J connectivity index is 1.98. The molecule has 0 N–H and O–H groups in total. The van der Waals surface area contributed by atoms with Crippen molar-refractivity contribution in [1.82, 2.24) is 0 Å². The van der Waals surface area contributed by atoms with Gasteiger partial charge in [0.1, 0.15) is 6.10 Å². The van der Waals surface area contributed by atoms with Crippen molar-refractivity contribution >= 4 is 40.2 Å². The Morgan fingerprint density at radius 3 is 2.45 bits per heavy atom. The highest BCUT2D eigenvalue weighted by molar-refractivity contribution is 14.1. The molecule has 3 rings (SSSR count). The average Bonchev–Trinajstić information content (AvgIpc) is 2.91. The third kappa shape index (κ3) is 3.23. The van der Waals surface area contributed by atoms with Crippen LogP contribution < -0.4 is 0 Å². The van der Waals surface area contributed by atoms with Gasteiger partial charge in [-0.1, -0.05) is 27.7 Å². The molecule has 2 aliphatic rings. The number of nitro benzene ring substituents is 1. The number of halogens is 1. The largest absolute Gasteiger partial charge is 0.454 e. The summed E-state index contributed by atoms with van der Waals surface area (Å²) in [5.41, 5.74) is -2.54. The number of fused-ring (bicyclic) bond motifs is 2. The van der Waals surface area contributed by atoms with Gasteiger partial charge in [0.15, 0.2) is 0 Å². The zero-order valence-electron chi connectivity index (χ0n) is 17.3. The maximum Gasteiger partial charge on any atom is 0.351 e. The number of benzene rings is 1. The zero-order chi connectivity index (χ0) is 21.8. The Bertz CT molecular complexity index is 882. The van der Waals surface area contributed by atoms with E-state index in [1.165, 1.54) is 6.07 Å². The molecule has 0 aromatic heterocycles. The minimum absolute atomic E-state index is 0.0770. The van der Waals surface area contributed by atoms with Crippen molar-refractivity contribution in [2.75, 3.05) is 0 Å². The van der Waals surface area contributed by atoms with Crippen LogP contribution in [0.25, 0.3) is 0 Å². The van der Waals surface area contributed by atoms with E-state index in [9.17, 15) is 19.7 Å². The molecule has 1 aromatic rings. The Morgan fingerprint density at radius 2 is 1.97 bits per heavy atom. The molecule has 0 spiro atoms. The molecular weight excluding hydrogens is 489 g/mol. The minimum atomic E-state index is -1.36.